The van der Waals surface area contributed by atoms with E-state index in [2.05, 4.69) is 9.97 Å². The molecule has 0 aliphatic carbocycles. The molecule has 1 N–H and O–H groups in total. The third-order valence-corrected chi connectivity index (χ3v) is 8.06. The second-order valence-electron chi connectivity index (χ2n) is 11.9. The fourth-order valence-corrected chi connectivity index (χ4v) is 5.68. The monoisotopic (exact) mass is 626 g/mol. The quantitative estimate of drug-likeness (QED) is 0.184. The Kier molecular flexibility index (Phi) is 8.23. The van der Waals surface area contributed by atoms with E-state index in [0.717, 1.165) is 31.0 Å². The van der Waals surface area contributed by atoms with E-state index in [1.165, 1.54) is 36.4 Å². The number of rotatable bonds is 9. The number of imidazole rings is 1. The highest BCUT2D eigenvalue weighted by Gasteiger charge is 2.32. The molecule has 1 unspecified atom stereocenters. The van der Waals surface area contributed by atoms with Crippen molar-refractivity contribution in [1.29, 1.82) is 5.26 Å². The van der Waals surface area contributed by atoms with Crippen molar-refractivity contribution >= 4 is 17.0 Å². The molecule has 6 rings (SSSR count). The Labute approximate surface area is 262 Å². The third kappa shape index (κ3) is 6.43. The van der Waals surface area contributed by atoms with E-state index in [9.17, 15) is 14.3 Å². The van der Waals surface area contributed by atoms with Crippen LogP contribution in [-0.2, 0) is 24.3 Å². The zero-order valence-electron chi connectivity index (χ0n) is 25.1. The molecule has 1 aliphatic rings. The van der Waals surface area contributed by atoms with Crippen LogP contribution in [0.15, 0.2) is 66.7 Å². The van der Waals surface area contributed by atoms with Gasteiger partial charge in [-0.25, -0.2) is 27.9 Å². The predicted molar refractivity (Wildman–Crippen MR) is 163 cm³/mol. The average molecular weight is 627 g/mol. The Morgan fingerprint density at radius 3 is 2.57 bits per heavy atom. The molecule has 0 amide bonds. The lowest BCUT2D eigenvalue weighted by Crippen LogP contribution is -2.23. The van der Waals surface area contributed by atoms with Crippen LogP contribution in [0.3, 0.4) is 0 Å². The lowest BCUT2D eigenvalue weighted by molar-refractivity contribution is -0.0215. The van der Waals surface area contributed by atoms with E-state index < -0.39 is 23.4 Å². The first-order valence-corrected chi connectivity index (χ1v) is 14.7. The van der Waals surface area contributed by atoms with Crippen LogP contribution in [0.4, 0.5) is 13.2 Å². The first-order chi connectivity index (χ1) is 22.0. The van der Waals surface area contributed by atoms with Gasteiger partial charge in [-0.1, -0.05) is 12.1 Å². The zero-order valence-corrected chi connectivity index (χ0v) is 25.1. The maximum absolute atomic E-state index is 15.6. The van der Waals surface area contributed by atoms with Crippen LogP contribution in [0.5, 0.6) is 5.88 Å². The van der Waals surface area contributed by atoms with Gasteiger partial charge in [-0.05, 0) is 80.8 Å². The second kappa shape index (κ2) is 12.3. The Morgan fingerprint density at radius 1 is 1.04 bits per heavy atom. The first kappa shape index (κ1) is 30.8. The van der Waals surface area contributed by atoms with Crippen LogP contribution >= 0.6 is 0 Å². The summed E-state index contributed by atoms with van der Waals surface area (Å²) in [5, 5.41) is 18.5. The predicted octanol–water partition coefficient (Wildman–Crippen LogP) is 7.21. The van der Waals surface area contributed by atoms with Gasteiger partial charge in [0.25, 0.3) is 0 Å². The van der Waals surface area contributed by atoms with Crippen LogP contribution in [0, 0.1) is 28.8 Å². The van der Waals surface area contributed by atoms with Crippen LogP contribution in [0.1, 0.15) is 59.6 Å². The van der Waals surface area contributed by atoms with E-state index in [1.807, 2.05) is 24.5 Å². The van der Waals surface area contributed by atoms with Gasteiger partial charge in [0.1, 0.15) is 29.9 Å². The number of hydrogen-bond donors (Lipinski definition) is 1. The van der Waals surface area contributed by atoms with Gasteiger partial charge in [0.2, 0.25) is 5.88 Å². The molecule has 1 fully saturated rings. The summed E-state index contributed by atoms with van der Waals surface area (Å²) in [6.07, 6.45) is 1.44. The van der Waals surface area contributed by atoms with Gasteiger partial charge < -0.3 is 19.1 Å². The number of pyridine rings is 1. The minimum Gasteiger partial charge on any atom is -0.478 e. The van der Waals surface area contributed by atoms with Crippen molar-refractivity contribution < 1.29 is 32.5 Å². The number of aromatic carboxylic acids is 1. The molecule has 234 valence electrons. The molecule has 0 saturated carbocycles. The van der Waals surface area contributed by atoms with Crippen LogP contribution < -0.4 is 4.74 Å². The van der Waals surface area contributed by atoms with Crippen molar-refractivity contribution in [2.24, 2.45) is 0 Å². The van der Waals surface area contributed by atoms with E-state index in [0.29, 0.717) is 23.4 Å². The summed E-state index contributed by atoms with van der Waals surface area (Å²) in [4.78, 5) is 20.6. The molecule has 8 nitrogen and oxygen atoms in total. The van der Waals surface area contributed by atoms with Crippen molar-refractivity contribution in [2.75, 3.05) is 0 Å². The van der Waals surface area contributed by atoms with E-state index in [1.54, 1.807) is 12.1 Å². The lowest BCUT2D eigenvalue weighted by atomic mass is 10.0. The number of nitriles is 1. The number of hydrogen-bond acceptors (Lipinski definition) is 6. The Bertz CT molecular complexity index is 2020. The second-order valence-corrected chi connectivity index (χ2v) is 11.9. The van der Waals surface area contributed by atoms with E-state index in [4.69, 9.17) is 14.7 Å². The smallest absolute Gasteiger partial charge is 0.335 e. The fourth-order valence-electron chi connectivity index (χ4n) is 5.68. The highest BCUT2D eigenvalue weighted by Crippen LogP contribution is 2.33. The summed E-state index contributed by atoms with van der Waals surface area (Å²) in [5.41, 5.74) is 1.39. The van der Waals surface area contributed by atoms with Gasteiger partial charge >= 0.3 is 5.97 Å². The number of carboxylic acid groups (broad SMARTS) is 1. The SMILES string of the molecule is CC1(C)CCC(Cn2c(Cc3cc(F)c(-c4cccc(OCc5ccc(C#N)cc5F)n4)cc3F)nc3ccc(C(=O)O)cc32)O1. The summed E-state index contributed by atoms with van der Waals surface area (Å²) in [5.74, 6) is -2.54. The Morgan fingerprint density at radius 2 is 1.85 bits per heavy atom. The molecule has 46 heavy (non-hydrogen) atoms. The van der Waals surface area contributed by atoms with Crippen LogP contribution in [0.2, 0.25) is 0 Å². The number of halogens is 3. The number of fused-ring (bicyclic) bond motifs is 1. The highest BCUT2D eigenvalue weighted by molar-refractivity contribution is 5.92. The zero-order chi connectivity index (χ0) is 32.6. The maximum atomic E-state index is 15.6. The molecule has 11 heteroatoms. The van der Waals surface area contributed by atoms with Gasteiger partial charge in [-0.3, -0.25) is 0 Å². The summed E-state index contributed by atoms with van der Waals surface area (Å²) >= 11 is 0. The molecule has 3 heterocycles. The first-order valence-electron chi connectivity index (χ1n) is 14.7. The Hall–Kier alpha value is -5.21. The summed E-state index contributed by atoms with van der Waals surface area (Å²) in [7, 11) is 0. The third-order valence-electron chi connectivity index (χ3n) is 8.06. The van der Waals surface area contributed by atoms with Gasteiger partial charge in [0.05, 0.1) is 52.2 Å². The number of aromatic nitrogens is 3. The number of carboxylic acids is 1. The molecule has 0 bridgehead atoms. The molecule has 3 aromatic carbocycles. The van der Waals surface area contributed by atoms with Crippen molar-refractivity contribution in [3.05, 3.63) is 112 Å². The highest BCUT2D eigenvalue weighted by atomic mass is 19.1. The summed E-state index contributed by atoms with van der Waals surface area (Å²) in [6, 6.07) is 17.2. The Balaban J connectivity index is 1.27. The molecule has 0 radical (unpaired) electrons. The van der Waals surface area contributed by atoms with E-state index >= 15 is 8.78 Å². The molecule has 2 aromatic heterocycles. The van der Waals surface area contributed by atoms with Gasteiger partial charge in [0, 0.05) is 23.6 Å². The minimum atomic E-state index is -1.08. The van der Waals surface area contributed by atoms with Crippen LogP contribution in [0.25, 0.3) is 22.3 Å². The van der Waals surface area contributed by atoms with Crippen molar-refractivity contribution in [1.82, 2.24) is 14.5 Å². The minimum absolute atomic E-state index is 0.0526. The van der Waals surface area contributed by atoms with Crippen LogP contribution in [-0.4, -0.2) is 37.3 Å². The van der Waals surface area contributed by atoms with Crippen molar-refractivity contribution in [2.45, 2.75) is 58.0 Å². The number of benzene rings is 3. The topological polar surface area (TPSA) is 110 Å². The molecular weight excluding hydrogens is 597 g/mol. The molecule has 1 atom stereocenters. The molecular formula is C35H29F3N4O4. The summed E-state index contributed by atoms with van der Waals surface area (Å²) in [6.45, 7) is 4.22. The normalized spacial score (nSPS) is 15.6. The van der Waals surface area contributed by atoms with E-state index in [-0.39, 0.29) is 64.1 Å². The number of ether oxygens (including phenoxy) is 2. The average Bonchev–Trinajstić information content (AvgIpc) is 3.55. The molecule has 5 aromatic rings. The lowest BCUT2D eigenvalue weighted by Gasteiger charge is -2.20. The van der Waals surface area contributed by atoms with Crippen molar-refractivity contribution in [3.63, 3.8) is 0 Å². The maximum Gasteiger partial charge on any atom is 0.335 e. The summed E-state index contributed by atoms with van der Waals surface area (Å²) < 4.78 is 59.0. The molecule has 1 saturated heterocycles. The van der Waals surface area contributed by atoms with Gasteiger partial charge in [-0.2, -0.15) is 5.26 Å². The molecule has 0 spiro atoms. The molecule has 1 aliphatic heterocycles. The fraction of sp³-hybridized carbons (Fsp3) is 0.257. The van der Waals surface area contributed by atoms with Gasteiger partial charge in [-0.15, -0.1) is 0 Å². The van der Waals surface area contributed by atoms with Gasteiger partial charge in [0.15, 0.2) is 0 Å². The largest absolute Gasteiger partial charge is 0.478 e. The van der Waals surface area contributed by atoms with Crippen molar-refractivity contribution in [3.8, 4) is 23.2 Å². The standard InChI is InChI=1S/C35H29F3N4O4/c1-35(2)11-10-24(46-35)18-42-31-14-21(34(43)44)8-9-30(31)40-32(42)15-23-13-28(38)25(16-27(23)37)29-4-3-5-33(41-29)45-19-22-7-6-20(17-39)12-26(22)36/h3-9,12-14,16,24H,10-11,15,18-19H2,1-2H3,(H,43,44). The number of carbonyl (C=O) groups is 1. The number of nitrogens with zero attached hydrogens (tertiary/aromatic N) is 4.